The molecule has 2 N–H and O–H groups in total. The number of nitrogens with zero attached hydrogens (tertiary/aromatic N) is 2. The third-order valence-corrected chi connectivity index (χ3v) is 3.85. The Kier molecular flexibility index (Phi) is 12.9. The van der Waals surface area contributed by atoms with Crippen LogP contribution in [0.15, 0.2) is 10.2 Å². The van der Waals surface area contributed by atoms with E-state index in [9.17, 15) is 9.59 Å². The van der Waals surface area contributed by atoms with Gasteiger partial charge in [0.15, 0.2) is 0 Å². The van der Waals surface area contributed by atoms with E-state index < -0.39 is 0 Å². The lowest BCUT2D eigenvalue weighted by atomic mass is 10.1. The highest BCUT2D eigenvalue weighted by atomic mass is 16.2. The molecular formula is C17H32N4O2. The van der Waals surface area contributed by atoms with Gasteiger partial charge < -0.3 is 0 Å². The van der Waals surface area contributed by atoms with E-state index >= 15 is 0 Å². The van der Waals surface area contributed by atoms with Crippen LogP contribution in [0.25, 0.3) is 0 Å². The smallest absolute Gasteiger partial charge is 0.240 e. The van der Waals surface area contributed by atoms with E-state index in [2.05, 4.69) is 48.7 Å². The zero-order chi connectivity index (χ0) is 17.5. The predicted octanol–water partition coefficient (Wildman–Crippen LogP) is 3.23. The first-order chi connectivity index (χ1) is 11.1. The van der Waals surface area contributed by atoms with Crippen LogP contribution in [0, 0.1) is 11.8 Å². The van der Waals surface area contributed by atoms with Crippen molar-refractivity contribution >= 4 is 24.2 Å². The molecule has 0 aliphatic rings. The molecule has 0 aromatic heterocycles. The van der Waals surface area contributed by atoms with Gasteiger partial charge >= 0.3 is 0 Å². The lowest BCUT2D eigenvalue weighted by molar-refractivity contribution is -0.122. The number of amides is 2. The lowest BCUT2D eigenvalue weighted by Gasteiger charge is -2.05. The summed E-state index contributed by atoms with van der Waals surface area (Å²) in [6.45, 7) is 8.36. The van der Waals surface area contributed by atoms with Gasteiger partial charge in [-0.2, -0.15) is 10.2 Å². The van der Waals surface area contributed by atoms with Gasteiger partial charge in [-0.05, 0) is 43.9 Å². The molecule has 0 radical (unpaired) electrons. The molecule has 2 amide bonds. The van der Waals surface area contributed by atoms with Crippen LogP contribution in [0.1, 0.15) is 72.6 Å². The highest BCUT2D eigenvalue weighted by Gasteiger charge is 2.05. The van der Waals surface area contributed by atoms with Crippen LogP contribution < -0.4 is 10.9 Å². The largest absolute Gasteiger partial charge is 0.273 e. The van der Waals surface area contributed by atoms with Gasteiger partial charge in [0, 0.05) is 25.3 Å². The summed E-state index contributed by atoms with van der Waals surface area (Å²) in [4.78, 5) is 23.2. The molecule has 0 rings (SSSR count). The molecule has 0 saturated carbocycles. The number of carbonyl (C=O) groups excluding carboxylic acids is 2. The monoisotopic (exact) mass is 324 g/mol. The molecule has 0 aliphatic heterocycles. The minimum absolute atomic E-state index is 0.166. The average molecular weight is 324 g/mol. The SMILES string of the molecule is CCC(/C=N\NC(=O)CCCC(=O)N/N=C/C(CC)CC)CC. The minimum atomic E-state index is -0.166. The molecule has 0 fully saturated rings. The van der Waals surface area contributed by atoms with E-state index in [1.807, 2.05) is 0 Å². The second-order valence-corrected chi connectivity index (χ2v) is 5.63. The Morgan fingerprint density at radius 2 is 1.13 bits per heavy atom. The van der Waals surface area contributed by atoms with Crippen molar-refractivity contribution in [2.45, 2.75) is 72.6 Å². The number of rotatable bonds is 12. The van der Waals surface area contributed by atoms with Crippen LogP contribution in [-0.2, 0) is 9.59 Å². The second kappa shape index (κ2) is 13.9. The fraction of sp³-hybridized carbons (Fsp3) is 0.765. The zero-order valence-corrected chi connectivity index (χ0v) is 15.0. The summed E-state index contributed by atoms with van der Waals surface area (Å²) in [7, 11) is 0. The molecule has 0 heterocycles. The topological polar surface area (TPSA) is 82.9 Å². The first-order valence-electron chi connectivity index (χ1n) is 8.71. The Morgan fingerprint density at radius 1 is 0.783 bits per heavy atom. The molecule has 0 aromatic rings. The molecule has 0 unspecified atom stereocenters. The lowest BCUT2D eigenvalue weighted by Crippen LogP contribution is -2.21. The molecule has 0 atom stereocenters. The summed E-state index contributed by atoms with van der Waals surface area (Å²) in [5.74, 6) is 0.462. The summed E-state index contributed by atoms with van der Waals surface area (Å²) in [6.07, 6.45) is 8.63. The van der Waals surface area contributed by atoms with Gasteiger partial charge in [0.2, 0.25) is 11.8 Å². The van der Waals surface area contributed by atoms with Crippen molar-refractivity contribution in [3.05, 3.63) is 0 Å². The van der Waals surface area contributed by atoms with Crippen molar-refractivity contribution in [2.75, 3.05) is 0 Å². The molecule has 132 valence electrons. The number of hydrogen-bond acceptors (Lipinski definition) is 4. The molecule has 0 saturated heterocycles. The van der Waals surface area contributed by atoms with Crippen molar-refractivity contribution in [1.82, 2.24) is 10.9 Å². The Hall–Kier alpha value is -1.72. The second-order valence-electron chi connectivity index (χ2n) is 5.63. The number of carbonyl (C=O) groups is 2. The average Bonchev–Trinajstić information content (AvgIpc) is 2.55. The number of nitrogens with one attached hydrogen (secondary N) is 2. The van der Waals surface area contributed by atoms with Crippen LogP contribution in [0.5, 0.6) is 0 Å². The molecule has 0 aromatic carbocycles. The molecule has 6 heteroatoms. The maximum atomic E-state index is 11.6. The van der Waals surface area contributed by atoms with Crippen molar-refractivity contribution in [2.24, 2.45) is 22.0 Å². The van der Waals surface area contributed by atoms with E-state index in [1.54, 1.807) is 12.4 Å². The summed E-state index contributed by atoms with van der Waals surface area (Å²) in [5, 5.41) is 7.90. The van der Waals surface area contributed by atoms with Gasteiger partial charge in [0.05, 0.1) is 0 Å². The standard InChI is InChI=1S/C17H32N4O2/c1-5-14(6-2)12-18-20-16(22)10-9-11-17(23)21-19-13-15(7-3)8-4/h12-15H,5-11H2,1-4H3,(H,20,22)(H,21,23)/b18-12-,19-13+. The van der Waals surface area contributed by atoms with Crippen molar-refractivity contribution in [1.29, 1.82) is 0 Å². The van der Waals surface area contributed by atoms with E-state index in [1.165, 1.54) is 0 Å². The Morgan fingerprint density at radius 3 is 1.43 bits per heavy atom. The quantitative estimate of drug-likeness (QED) is 0.427. The van der Waals surface area contributed by atoms with E-state index in [-0.39, 0.29) is 24.7 Å². The molecule has 0 bridgehead atoms. The van der Waals surface area contributed by atoms with Crippen LogP contribution in [0.3, 0.4) is 0 Å². The van der Waals surface area contributed by atoms with Gasteiger partial charge in [-0.1, -0.05) is 27.7 Å². The van der Waals surface area contributed by atoms with Crippen molar-refractivity contribution in [3.8, 4) is 0 Å². The maximum absolute atomic E-state index is 11.6. The van der Waals surface area contributed by atoms with Crippen LogP contribution in [-0.4, -0.2) is 24.2 Å². The Bertz CT molecular complexity index is 350. The summed E-state index contributed by atoms with van der Waals surface area (Å²) in [5.41, 5.74) is 5.00. The van der Waals surface area contributed by atoms with Gasteiger partial charge in [-0.25, -0.2) is 10.9 Å². The van der Waals surface area contributed by atoms with Gasteiger partial charge in [0.1, 0.15) is 0 Å². The Labute approximate surface area is 140 Å². The zero-order valence-electron chi connectivity index (χ0n) is 15.0. The summed E-state index contributed by atoms with van der Waals surface area (Å²) >= 11 is 0. The van der Waals surface area contributed by atoms with Crippen LogP contribution in [0.2, 0.25) is 0 Å². The molecular weight excluding hydrogens is 292 g/mol. The van der Waals surface area contributed by atoms with Crippen LogP contribution >= 0.6 is 0 Å². The predicted molar refractivity (Wildman–Crippen MR) is 95.3 cm³/mol. The van der Waals surface area contributed by atoms with Crippen molar-refractivity contribution in [3.63, 3.8) is 0 Å². The molecule has 0 spiro atoms. The maximum Gasteiger partial charge on any atom is 0.240 e. The molecule has 6 nitrogen and oxygen atoms in total. The third-order valence-electron chi connectivity index (χ3n) is 3.85. The van der Waals surface area contributed by atoms with Crippen LogP contribution in [0.4, 0.5) is 0 Å². The van der Waals surface area contributed by atoms with E-state index in [0.717, 1.165) is 25.7 Å². The number of hydrazone groups is 2. The summed E-state index contributed by atoms with van der Waals surface area (Å²) in [6, 6.07) is 0. The van der Waals surface area contributed by atoms with Gasteiger partial charge in [-0.3, -0.25) is 9.59 Å². The van der Waals surface area contributed by atoms with Crippen molar-refractivity contribution < 1.29 is 9.59 Å². The normalized spacial score (nSPS) is 11.7. The van der Waals surface area contributed by atoms with Gasteiger partial charge in [-0.15, -0.1) is 0 Å². The fourth-order valence-corrected chi connectivity index (χ4v) is 1.95. The first kappa shape index (κ1) is 21.3. The fourth-order valence-electron chi connectivity index (χ4n) is 1.95. The first-order valence-corrected chi connectivity index (χ1v) is 8.71. The van der Waals surface area contributed by atoms with Gasteiger partial charge in [0.25, 0.3) is 0 Å². The third kappa shape index (κ3) is 11.5. The van der Waals surface area contributed by atoms with E-state index in [4.69, 9.17) is 0 Å². The highest BCUT2D eigenvalue weighted by molar-refractivity contribution is 5.79. The Balaban J connectivity index is 3.84. The number of hydrogen-bond donors (Lipinski definition) is 2. The summed E-state index contributed by atoms with van der Waals surface area (Å²) < 4.78 is 0. The molecule has 23 heavy (non-hydrogen) atoms. The highest BCUT2D eigenvalue weighted by Crippen LogP contribution is 2.04. The van der Waals surface area contributed by atoms with E-state index in [0.29, 0.717) is 18.3 Å². The molecule has 0 aliphatic carbocycles. The minimum Gasteiger partial charge on any atom is -0.273 e.